The van der Waals surface area contributed by atoms with E-state index in [-0.39, 0.29) is 5.92 Å². The molecule has 126 valence electrons. The predicted octanol–water partition coefficient (Wildman–Crippen LogP) is 4.41. The zero-order chi connectivity index (χ0) is 16.5. The topological polar surface area (TPSA) is 24.9 Å². The molecule has 1 saturated heterocycles. The van der Waals surface area contributed by atoms with E-state index in [4.69, 9.17) is 0 Å². The lowest BCUT2D eigenvalue weighted by Gasteiger charge is -2.36. The van der Waals surface area contributed by atoms with Crippen LogP contribution in [0.1, 0.15) is 37.4 Å². The van der Waals surface area contributed by atoms with Gasteiger partial charge in [-0.15, -0.1) is 0 Å². The van der Waals surface area contributed by atoms with Crippen molar-refractivity contribution in [3.63, 3.8) is 0 Å². The quantitative estimate of drug-likeness (QED) is 0.871. The molecule has 2 aliphatic carbocycles. The van der Waals surface area contributed by atoms with Gasteiger partial charge >= 0.3 is 0 Å². The van der Waals surface area contributed by atoms with Gasteiger partial charge in [0.05, 0.1) is 5.69 Å². The third-order valence-corrected chi connectivity index (χ3v) is 5.75. The molecule has 4 rings (SSSR count). The Labute approximate surface area is 143 Å². The summed E-state index contributed by atoms with van der Waals surface area (Å²) in [5.41, 5.74) is 4.71. The number of rotatable bonds is 2. The number of aromatic nitrogens is 1. The number of halogens is 1. The second-order valence-electron chi connectivity index (χ2n) is 7.37. The molecular weight excluding hydrogens is 299 g/mol. The Morgan fingerprint density at radius 3 is 3.08 bits per heavy atom. The van der Waals surface area contributed by atoms with E-state index in [1.807, 2.05) is 31.3 Å². The molecule has 0 radical (unpaired) electrons. The maximum Gasteiger partial charge on any atom is 0.125 e. The second kappa shape index (κ2) is 6.64. The molecule has 24 heavy (non-hydrogen) atoms. The highest BCUT2D eigenvalue weighted by Gasteiger charge is 2.29. The van der Waals surface area contributed by atoms with Crippen LogP contribution in [0.4, 0.5) is 4.39 Å². The molecule has 0 amide bonds. The SMILES string of the molecule is CC1C=C(c2ncccc2C2=CCC3CNCCC3C2)C=C[C@H]1F. The van der Waals surface area contributed by atoms with E-state index in [0.29, 0.717) is 0 Å². The van der Waals surface area contributed by atoms with Crippen LogP contribution >= 0.6 is 0 Å². The van der Waals surface area contributed by atoms with Crippen LogP contribution in [0.3, 0.4) is 0 Å². The van der Waals surface area contributed by atoms with Crippen molar-refractivity contribution in [3.05, 3.63) is 53.9 Å². The van der Waals surface area contributed by atoms with E-state index in [0.717, 1.165) is 49.0 Å². The van der Waals surface area contributed by atoms with Gasteiger partial charge in [0.1, 0.15) is 6.17 Å². The molecule has 1 N–H and O–H groups in total. The molecule has 1 aromatic rings. The third kappa shape index (κ3) is 2.98. The Morgan fingerprint density at radius 1 is 1.29 bits per heavy atom. The summed E-state index contributed by atoms with van der Waals surface area (Å²) in [4.78, 5) is 4.65. The minimum absolute atomic E-state index is 0.0889. The van der Waals surface area contributed by atoms with Crippen molar-refractivity contribution in [2.75, 3.05) is 13.1 Å². The largest absolute Gasteiger partial charge is 0.316 e. The van der Waals surface area contributed by atoms with E-state index >= 15 is 0 Å². The van der Waals surface area contributed by atoms with Crippen LogP contribution in [-0.2, 0) is 0 Å². The van der Waals surface area contributed by atoms with Gasteiger partial charge in [0.2, 0.25) is 0 Å². The molecule has 0 saturated carbocycles. The number of nitrogens with zero attached hydrogens (tertiary/aromatic N) is 1. The maximum atomic E-state index is 13.7. The lowest BCUT2D eigenvalue weighted by molar-refractivity contribution is 0.252. The normalized spacial score (nSPS) is 32.8. The van der Waals surface area contributed by atoms with Crippen molar-refractivity contribution < 1.29 is 4.39 Å². The van der Waals surface area contributed by atoms with Crippen molar-refractivity contribution in [2.24, 2.45) is 17.8 Å². The monoisotopic (exact) mass is 324 g/mol. The molecule has 0 spiro atoms. The summed E-state index contributed by atoms with van der Waals surface area (Å²) >= 11 is 0. The molecule has 2 heterocycles. The Balaban J connectivity index is 1.66. The fraction of sp³-hybridized carbons (Fsp3) is 0.476. The Bertz CT molecular complexity index is 704. The number of nitrogens with one attached hydrogen (secondary N) is 1. The first kappa shape index (κ1) is 15.8. The van der Waals surface area contributed by atoms with Gasteiger partial charge in [-0.05, 0) is 67.5 Å². The molecule has 4 atom stereocenters. The van der Waals surface area contributed by atoms with Crippen LogP contribution in [0, 0.1) is 17.8 Å². The highest BCUT2D eigenvalue weighted by Crippen LogP contribution is 2.40. The summed E-state index contributed by atoms with van der Waals surface area (Å²) in [5, 5.41) is 3.52. The Kier molecular flexibility index (Phi) is 4.36. The van der Waals surface area contributed by atoms with E-state index in [2.05, 4.69) is 22.4 Å². The van der Waals surface area contributed by atoms with Gasteiger partial charge in [0.15, 0.2) is 0 Å². The molecular formula is C21H25FN2. The molecule has 1 aliphatic heterocycles. The molecule has 3 heteroatoms. The average molecular weight is 324 g/mol. The smallest absolute Gasteiger partial charge is 0.125 e. The van der Waals surface area contributed by atoms with Crippen LogP contribution in [0.25, 0.3) is 11.1 Å². The van der Waals surface area contributed by atoms with Crippen molar-refractivity contribution in [3.8, 4) is 0 Å². The van der Waals surface area contributed by atoms with Crippen LogP contribution in [0.2, 0.25) is 0 Å². The summed E-state index contributed by atoms with van der Waals surface area (Å²) in [6.45, 7) is 4.21. The third-order valence-electron chi connectivity index (χ3n) is 5.75. The predicted molar refractivity (Wildman–Crippen MR) is 97.1 cm³/mol. The van der Waals surface area contributed by atoms with Crippen molar-refractivity contribution in [1.29, 1.82) is 0 Å². The number of hydrogen-bond donors (Lipinski definition) is 1. The Hall–Kier alpha value is -1.74. The number of hydrogen-bond acceptors (Lipinski definition) is 2. The second-order valence-corrected chi connectivity index (χ2v) is 7.37. The zero-order valence-electron chi connectivity index (χ0n) is 14.2. The molecule has 3 aliphatic rings. The fourth-order valence-corrected chi connectivity index (χ4v) is 4.26. The van der Waals surface area contributed by atoms with Crippen LogP contribution < -0.4 is 5.32 Å². The first-order valence-corrected chi connectivity index (χ1v) is 9.12. The Morgan fingerprint density at radius 2 is 2.21 bits per heavy atom. The van der Waals surface area contributed by atoms with E-state index in [1.54, 1.807) is 6.08 Å². The summed E-state index contributed by atoms with van der Waals surface area (Å²) in [6, 6.07) is 4.19. The number of piperidine rings is 1. The van der Waals surface area contributed by atoms with Crippen LogP contribution in [0.5, 0.6) is 0 Å². The van der Waals surface area contributed by atoms with E-state index < -0.39 is 6.17 Å². The van der Waals surface area contributed by atoms with E-state index in [9.17, 15) is 4.39 Å². The molecule has 1 aromatic heterocycles. The van der Waals surface area contributed by atoms with Crippen LogP contribution in [0.15, 0.2) is 42.6 Å². The molecule has 2 nitrogen and oxygen atoms in total. The van der Waals surface area contributed by atoms with Gasteiger partial charge < -0.3 is 5.32 Å². The zero-order valence-corrected chi connectivity index (χ0v) is 14.2. The van der Waals surface area contributed by atoms with Gasteiger partial charge in [0, 0.05) is 17.7 Å². The number of pyridine rings is 1. The maximum absolute atomic E-state index is 13.7. The van der Waals surface area contributed by atoms with E-state index in [1.165, 1.54) is 17.6 Å². The number of fused-ring (bicyclic) bond motifs is 1. The van der Waals surface area contributed by atoms with Crippen molar-refractivity contribution >= 4 is 11.1 Å². The number of allylic oxidation sites excluding steroid dienone is 6. The minimum Gasteiger partial charge on any atom is -0.316 e. The van der Waals surface area contributed by atoms with Gasteiger partial charge in [-0.3, -0.25) is 4.98 Å². The highest BCUT2D eigenvalue weighted by molar-refractivity contribution is 5.82. The fourth-order valence-electron chi connectivity index (χ4n) is 4.26. The van der Waals surface area contributed by atoms with Crippen molar-refractivity contribution in [2.45, 2.75) is 32.4 Å². The van der Waals surface area contributed by atoms with Gasteiger partial charge in [-0.2, -0.15) is 0 Å². The lowest BCUT2D eigenvalue weighted by atomic mass is 9.74. The highest BCUT2D eigenvalue weighted by atomic mass is 19.1. The molecule has 0 bridgehead atoms. The van der Waals surface area contributed by atoms with Gasteiger partial charge in [-0.25, -0.2) is 4.39 Å². The van der Waals surface area contributed by atoms with Crippen molar-refractivity contribution in [1.82, 2.24) is 10.3 Å². The van der Waals surface area contributed by atoms with Gasteiger partial charge in [0.25, 0.3) is 0 Å². The first-order valence-electron chi connectivity index (χ1n) is 9.12. The molecule has 0 aromatic carbocycles. The molecule has 3 unspecified atom stereocenters. The summed E-state index contributed by atoms with van der Waals surface area (Å²) in [5.74, 6) is 1.47. The minimum atomic E-state index is -0.884. The summed E-state index contributed by atoms with van der Waals surface area (Å²) in [6.07, 6.45) is 12.5. The lowest BCUT2D eigenvalue weighted by Crippen LogP contribution is -2.37. The molecule has 1 fully saturated rings. The first-order chi connectivity index (χ1) is 11.7. The standard InChI is InChI=1S/C21H25FN2/c1-14-11-17(6-7-20(14)22)21-19(3-2-9-24-21)16-4-5-18-13-23-10-8-15(18)12-16/h2-4,6-7,9,11,14-15,18,20,23H,5,8,10,12-13H2,1H3/t14?,15?,18?,20-/m1/s1. The summed E-state index contributed by atoms with van der Waals surface area (Å²) < 4.78 is 13.7. The number of alkyl halides is 1. The summed E-state index contributed by atoms with van der Waals surface area (Å²) in [7, 11) is 0. The van der Waals surface area contributed by atoms with Gasteiger partial charge in [-0.1, -0.05) is 31.2 Å². The van der Waals surface area contributed by atoms with Crippen LogP contribution in [-0.4, -0.2) is 24.2 Å². The average Bonchev–Trinajstić information content (AvgIpc) is 2.63.